The van der Waals surface area contributed by atoms with E-state index in [2.05, 4.69) is 12.2 Å². The van der Waals surface area contributed by atoms with Gasteiger partial charge < -0.3 is 10.1 Å². The fraction of sp³-hybridized carbons (Fsp3) is 0.400. The van der Waals surface area contributed by atoms with E-state index < -0.39 is 33.1 Å². The van der Waals surface area contributed by atoms with E-state index in [-0.39, 0.29) is 22.2 Å². The van der Waals surface area contributed by atoms with E-state index in [1.165, 1.54) is 11.3 Å². The maximum atomic E-state index is 12.8. The van der Waals surface area contributed by atoms with Crippen LogP contribution in [0.5, 0.6) is 0 Å². The van der Waals surface area contributed by atoms with Crippen LogP contribution in [0.1, 0.15) is 58.3 Å². The van der Waals surface area contributed by atoms with Gasteiger partial charge in [-0.2, -0.15) is 0 Å². The lowest BCUT2D eigenvalue weighted by atomic mass is 9.88. The first-order valence-electron chi connectivity index (χ1n) is 9.67. The molecule has 0 aliphatic heterocycles. The third-order valence-electron chi connectivity index (χ3n) is 4.87. The number of benzene rings is 1. The molecule has 0 saturated heterocycles. The molecule has 1 unspecified atom stereocenters. The third kappa shape index (κ3) is 4.88. The number of nitro benzene ring substituents is 2. The summed E-state index contributed by atoms with van der Waals surface area (Å²) in [6, 6.07) is 2.71. The molecule has 1 aliphatic carbocycles. The van der Waals surface area contributed by atoms with Crippen molar-refractivity contribution in [3.05, 3.63) is 60.0 Å². The lowest BCUT2D eigenvalue weighted by Crippen LogP contribution is -2.18. The molecule has 1 aliphatic rings. The molecule has 3 rings (SSSR count). The first-order chi connectivity index (χ1) is 14.6. The predicted molar refractivity (Wildman–Crippen MR) is 114 cm³/mol. The summed E-state index contributed by atoms with van der Waals surface area (Å²) in [5.74, 6) is -0.900. The van der Waals surface area contributed by atoms with Crippen molar-refractivity contribution >= 4 is 39.6 Å². The Kier molecular flexibility index (Phi) is 6.34. The molecule has 0 saturated carbocycles. The Morgan fingerprint density at radius 3 is 2.32 bits per heavy atom. The van der Waals surface area contributed by atoms with Crippen LogP contribution >= 0.6 is 11.3 Å². The molecule has 1 aromatic carbocycles. The standard InChI is InChI=1S/C20H21N3O7S/c1-10(2)30-20(25)17-15-5-4-11(3)6-16(15)31-19(17)21-18(24)12-7-13(22(26)27)9-14(8-12)23(28)29/h7-11H,4-6H2,1-3H3,(H,21,24). The summed E-state index contributed by atoms with van der Waals surface area (Å²) < 4.78 is 5.35. The van der Waals surface area contributed by atoms with Gasteiger partial charge in [-0.3, -0.25) is 25.0 Å². The largest absolute Gasteiger partial charge is 0.459 e. The summed E-state index contributed by atoms with van der Waals surface area (Å²) in [6.07, 6.45) is 1.98. The summed E-state index contributed by atoms with van der Waals surface area (Å²) in [5.41, 5.74) is -0.261. The van der Waals surface area contributed by atoms with Gasteiger partial charge in [-0.05, 0) is 44.6 Å². The van der Waals surface area contributed by atoms with Crippen molar-refractivity contribution in [1.82, 2.24) is 0 Å². The number of anilines is 1. The Balaban J connectivity index is 2.00. The molecule has 0 spiro atoms. The number of fused-ring (bicyclic) bond motifs is 1. The van der Waals surface area contributed by atoms with E-state index in [1.54, 1.807) is 13.8 Å². The number of carbonyl (C=O) groups is 2. The van der Waals surface area contributed by atoms with Crippen molar-refractivity contribution in [3.8, 4) is 0 Å². The van der Waals surface area contributed by atoms with Gasteiger partial charge in [0, 0.05) is 17.0 Å². The van der Waals surface area contributed by atoms with Gasteiger partial charge in [0.05, 0.1) is 33.1 Å². The summed E-state index contributed by atoms with van der Waals surface area (Å²) in [6.45, 7) is 5.55. The minimum atomic E-state index is -0.805. The number of hydrogen-bond donors (Lipinski definition) is 1. The molecule has 0 bridgehead atoms. The smallest absolute Gasteiger partial charge is 0.341 e. The van der Waals surface area contributed by atoms with Crippen molar-refractivity contribution in [2.75, 3.05) is 5.32 Å². The molecular formula is C20H21N3O7S. The van der Waals surface area contributed by atoms with Crippen molar-refractivity contribution in [3.63, 3.8) is 0 Å². The first kappa shape index (κ1) is 22.3. The maximum Gasteiger partial charge on any atom is 0.341 e. The van der Waals surface area contributed by atoms with E-state index in [0.717, 1.165) is 41.5 Å². The average Bonchev–Trinajstić information content (AvgIpc) is 3.03. The van der Waals surface area contributed by atoms with E-state index in [1.807, 2.05) is 0 Å². The zero-order chi connectivity index (χ0) is 22.9. The van der Waals surface area contributed by atoms with Crippen LogP contribution < -0.4 is 5.32 Å². The molecule has 11 heteroatoms. The van der Waals surface area contributed by atoms with Gasteiger partial charge >= 0.3 is 5.97 Å². The number of amides is 1. The van der Waals surface area contributed by atoms with E-state index in [4.69, 9.17) is 4.74 Å². The molecule has 1 amide bonds. The Morgan fingerprint density at radius 1 is 1.16 bits per heavy atom. The van der Waals surface area contributed by atoms with Gasteiger partial charge in [-0.1, -0.05) is 6.92 Å². The minimum absolute atomic E-state index is 0.246. The third-order valence-corrected chi connectivity index (χ3v) is 6.04. The number of hydrogen-bond acceptors (Lipinski definition) is 8. The Morgan fingerprint density at radius 2 is 1.77 bits per heavy atom. The van der Waals surface area contributed by atoms with Crippen LogP contribution in [0.3, 0.4) is 0 Å². The van der Waals surface area contributed by atoms with Gasteiger partial charge in [0.1, 0.15) is 5.00 Å². The number of rotatable bonds is 6. The molecule has 31 heavy (non-hydrogen) atoms. The molecule has 0 fully saturated rings. The van der Waals surface area contributed by atoms with Gasteiger partial charge in [-0.25, -0.2) is 4.79 Å². The Hall–Kier alpha value is -3.34. The van der Waals surface area contributed by atoms with Crippen molar-refractivity contribution in [2.45, 2.75) is 46.1 Å². The quantitative estimate of drug-likeness (QED) is 0.390. The molecule has 1 atom stereocenters. The first-order valence-corrected chi connectivity index (χ1v) is 10.5. The second-order valence-corrected chi connectivity index (χ2v) is 8.82. The molecule has 164 valence electrons. The number of carbonyl (C=O) groups excluding carboxylic acids is 2. The molecule has 1 N–H and O–H groups in total. The number of ether oxygens (including phenoxy) is 1. The van der Waals surface area contributed by atoms with Crippen molar-refractivity contribution in [1.29, 1.82) is 0 Å². The highest BCUT2D eigenvalue weighted by atomic mass is 32.1. The lowest BCUT2D eigenvalue weighted by molar-refractivity contribution is -0.394. The summed E-state index contributed by atoms with van der Waals surface area (Å²) >= 11 is 1.26. The van der Waals surface area contributed by atoms with Crippen LogP contribution in [0.2, 0.25) is 0 Å². The van der Waals surface area contributed by atoms with Crippen LogP contribution in [0.4, 0.5) is 16.4 Å². The van der Waals surface area contributed by atoms with E-state index in [0.29, 0.717) is 12.3 Å². The highest BCUT2D eigenvalue weighted by molar-refractivity contribution is 7.17. The molecule has 0 radical (unpaired) electrons. The Labute approximate surface area is 181 Å². The fourth-order valence-electron chi connectivity index (χ4n) is 3.44. The highest BCUT2D eigenvalue weighted by Crippen LogP contribution is 2.40. The predicted octanol–water partition coefficient (Wildman–Crippen LogP) is 4.51. The van der Waals surface area contributed by atoms with Gasteiger partial charge in [0.25, 0.3) is 17.3 Å². The normalized spacial score (nSPS) is 15.3. The topological polar surface area (TPSA) is 142 Å². The average molecular weight is 447 g/mol. The molecule has 1 aromatic heterocycles. The molecule has 2 aromatic rings. The number of esters is 1. The fourth-order valence-corrected chi connectivity index (χ4v) is 4.83. The zero-order valence-corrected chi connectivity index (χ0v) is 18.0. The zero-order valence-electron chi connectivity index (χ0n) is 17.2. The number of thiophene rings is 1. The van der Waals surface area contributed by atoms with Gasteiger partial charge in [0.2, 0.25) is 0 Å². The number of nitrogens with one attached hydrogen (secondary N) is 1. The monoisotopic (exact) mass is 447 g/mol. The molecule has 10 nitrogen and oxygen atoms in total. The number of nitrogens with zero attached hydrogens (tertiary/aromatic N) is 2. The summed E-state index contributed by atoms with van der Waals surface area (Å²) in [7, 11) is 0. The van der Waals surface area contributed by atoms with Crippen molar-refractivity contribution in [2.24, 2.45) is 5.92 Å². The summed E-state index contributed by atoms with van der Waals surface area (Å²) in [4.78, 5) is 47.2. The van der Waals surface area contributed by atoms with Crippen LogP contribution in [0, 0.1) is 26.1 Å². The van der Waals surface area contributed by atoms with Crippen LogP contribution in [-0.4, -0.2) is 27.8 Å². The summed E-state index contributed by atoms with van der Waals surface area (Å²) in [5, 5.41) is 25.1. The minimum Gasteiger partial charge on any atom is -0.459 e. The molecular weight excluding hydrogens is 426 g/mol. The number of non-ortho nitro benzene ring substituents is 2. The van der Waals surface area contributed by atoms with Crippen molar-refractivity contribution < 1.29 is 24.2 Å². The van der Waals surface area contributed by atoms with Crippen LogP contribution in [0.25, 0.3) is 0 Å². The maximum absolute atomic E-state index is 12.8. The second-order valence-electron chi connectivity index (χ2n) is 7.72. The van der Waals surface area contributed by atoms with Crippen LogP contribution in [0.15, 0.2) is 18.2 Å². The van der Waals surface area contributed by atoms with E-state index >= 15 is 0 Å². The van der Waals surface area contributed by atoms with E-state index in [9.17, 15) is 29.8 Å². The SMILES string of the molecule is CC1CCc2c(sc(NC(=O)c3cc([N+](=O)[O-])cc([N+](=O)[O-])c3)c2C(=O)OC(C)C)C1. The lowest BCUT2D eigenvalue weighted by Gasteiger charge is -2.18. The number of nitro groups is 2. The van der Waals surface area contributed by atoms with Crippen LogP contribution in [-0.2, 0) is 17.6 Å². The Bertz CT molecular complexity index is 1040. The molecule has 1 heterocycles. The highest BCUT2D eigenvalue weighted by Gasteiger charge is 2.30. The van der Waals surface area contributed by atoms with Gasteiger partial charge in [-0.15, -0.1) is 11.3 Å². The van der Waals surface area contributed by atoms with Gasteiger partial charge in [0.15, 0.2) is 0 Å². The second kappa shape index (κ2) is 8.80.